The number of esters is 1. The zero-order valence-electron chi connectivity index (χ0n) is 15.8. The fraction of sp³-hybridized carbons (Fsp3) is 0.200. The number of carbonyl (C=O) groups excluding carboxylic acids is 1. The molecule has 152 valence electrons. The number of aryl methyl sites for hydroxylation is 1. The van der Waals surface area contributed by atoms with E-state index in [9.17, 15) is 18.0 Å². The van der Waals surface area contributed by atoms with Gasteiger partial charge < -0.3 is 18.6 Å². The zero-order chi connectivity index (χ0) is 21.2. The van der Waals surface area contributed by atoms with Crippen LogP contribution in [0.3, 0.4) is 0 Å². The summed E-state index contributed by atoms with van der Waals surface area (Å²) < 4.78 is 36.4. The number of aromatic nitrogens is 1. The summed E-state index contributed by atoms with van der Waals surface area (Å²) in [7, 11) is -4.04. The summed E-state index contributed by atoms with van der Waals surface area (Å²) in [6.45, 7) is 3.17. The first-order valence-corrected chi connectivity index (χ1v) is 10.2. The van der Waals surface area contributed by atoms with E-state index in [4.69, 9.17) is 14.0 Å². The average Bonchev–Trinajstić information content (AvgIpc) is 2.99. The number of hydrogen-bond acceptors (Lipinski definition) is 6. The van der Waals surface area contributed by atoms with Gasteiger partial charge in [-0.25, -0.2) is 4.79 Å². The maximum atomic E-state index is 12.5. The van der Waals surface area contributed by atoms with Crippen LogP contribution >= 0.6 is 0 Å². The topological polar surface area (TPSA) is 112 Å². The normalized spacial score (nSPS) is 11.4. The Bertz CT molecular complexity index is 1180. The molecular weight excluding hydrogens is 398 g/mol. The van der Waals surface area contributed by atoms with Gasteiger partial charge in [0.25, 0.3) is 0 Å². The summed E-state index contributed by atoms with van der Waals surface area (Å²) in [5, 5.41) is 9.61. The van der Waals surface area contributed by atoms with Crippen molar-refractivity contribution in [3.05, 3.63) is 59.8 Å². The van der Waals surface area contributed by atoms with Crippen molar-refractivity contribution in [2.24, 2.45) is 0 Å². The van der Waals surface area contributed by atoms with Gasteiger partial charge in [-0.3, -0.25) is 4.79 Å². The van der Waals surface area contributed by atoms with Crippen LogP contribution in [0, 0.1) is 6.92 Å². The first-order valence-electron chi connectivity index (χ1n) is 8.74. The first-order chi connectivity index (χ1) is 13.7. The molecule has 0 unspecified atom stereocenters. The molecule has 0 bridgehead atoms. The highest BCUT2D eigenvalue weighted by atomic mass is 32.2. The molecule has 0 atom stereocenters. The highest BCUT2D eigenvalue weighted by Gasteiger charge is 2.21. The second-order valence-electron chi connectivity index (χ2n) is 6.30. The van der Waals surface area contributed by atoms with Crippen LogP contribution < -0.4 is 4.18 Å². The summed E-state index contributed by atoms with van der Waals surface area (Å²) in [6, 6.07) is 12.0. The van der Waals surface area contributed by atoms with E-state index in [1.165, 1.54) is 41.0 Å². The molecule has 0 aliphatic heterocycles. The second kappa shape index (κ2) is 7.96. The number of rotatable bonds is 7. The van der Waals surface area contributed by atoms with E-state index in [1.54, 1.807) is 19.1 Å². The van der Waals surface area contributed by atoms with Crippen LogP contribution in [0.25, 0.3) is 10.9 Å². The van der Waals surface area contributed by atoms with Crippen LogP contribution in [0.5, 0.6) is 5.75 Å². The number of hydrogen-bond donors (Lipinski definition) is 1. The van der Waals surface area contributed by atoms with Crippen LogP contribution in [-0.4, -0.2) is 36.6 Å². The molecule has 1 aromatic heterocycles. The molecule has 1 N–H and O–H groups in total. The quantitative estimate of drug-likeness (QED) is 0.464. The Hall–Kier alpha value is -3.33. The summed E-state index contributed by atoms with van der Waals surface area (Å²) >= 11 is 0. The van der Waals surface area contributed by atoms with Crippen molar-refractivity contribution in [2.45, 2.75) is 25.3 Å². The lowest BCUT2D eigenvalue weighted by atomic mass is 10.2. The van der Waals surface area contributed by atoms with E-state index in [2.05, 4.69) is 0 Å². The van der Waals surface area contributed by atoms with E-state index in [0.29, 0.717) is 10.9 Å². The molecule has 0 amide bonds. The SMILES string of the molecule is CCOC(=O)c1cc2cc(OS(=O)(=O)c3ccc(C)cc3)ccc2n1CC(=O)O. The van der Waals surface area contributed by atoms with Gasteiger partial charge in [-0.05, 0) is 50.2 Å². The molecule has 0 aliphatic carbocycles. The maximum Gasteiger partial charge on any atom is 0.354 e. The Labute approximate surface area is 167 Å². The van der Waals surface area contributed by atoms with Gasteiger partial charge in [0.2, 0.25) is 0 Å². The molecule has 9 heteroatoms. The van der Waals surface area contributed by atoms with Crippen LogP contribution in [0.2, 0.25) is 0 Å². The van der Waals surface area contributed by atoms with E-state index < -0.39 is 28.6 Å². The average molecular weight is 417 g/mol. The Kier molecular flexibility index (Phi) is 5.60. The van der Waals surface area contributed by atoms with E-state index >= 15 is 0 Å². The van der Waals surface area contributed by atoms with Crippen LogP contribution in [0.15, 0.2) is 53.4 Å². The lowest BCUT2D eigenvalue weighted by Gasteiger charge is -2.09. The molecule has 0 radical (unpaired) electrons. The van der Waals surface area contributed by atoms with Gasteiger partial charge >= 0.3 is 22.1 Å². The van der Waals surface area contributed by atoms with Crippen molar-refractivity contribution >= 4 is 33.0 Å². The van der Waals surface area contributed by atoms with Crippen molar-refractivity contribution in [1.82, 2.24) is 4.57 Å². The molecule has 3 rings (SSSR count). The maximum absolute atomic E-state index is 12.5. The van der Waals surface area contributed by atoms with E-state index in [1.807, 2.05) is 6.92 Å². The standard InChI is InChI=1S/C20H19NO7S/c1-3-27-20(24)18-11-14-10-15(6-9-17(14)21(18)12-19(22)23)28-29(25,26)16-7-4-13(2)5-8-16/h4-11H,3,12H2,1-2H3,(H,22,23). The molecule has 0 fully saturated rings. The summed E-state index contributed by atoms with van der Waals surface area (Å²) in [6.07, 6.45) is 0. The van der Waals surface area contributed by atoms with Crippen molar-refractivity contribution in [3.63, 3.8) is 0 Å². The largest absolute Gasteiger partial charge is 0.480 e. The number of fused-ring (bicyclic) bond motifs is 1. The van der Waals surface area contributed by atoms with Crippen LogP contribution in [0.4, 0.5) is 0 Å². The van der Waals surface area contributed by atoms with Gasteiger partial charge in [-0.15, -0.1) is 0 Å². The fourth-order valence-electron chi connectivity index (χ4n) is 2.86. The van der Waals surface area contributed by atoms with Crippen LogP contribution in [-0.2, 0) is 26.2 Å². The lowest BCUT2D eigenvalue weighted by molar-refractivity contribution is -0.137. The molecule has 1 heterocycles. The Balaban J connectivity index is 2.00. The lowest BCUT2D eigenvalue weighted by Crippen LogP contribution is -2.16. The number of benzene rings is 2. The third-order valence-electron chi connectivity index (χ3n) is 4.17. The number of aliphatic carboxylic acids is 1. The molecule has 2 aromatic carbocycles. The monoisotopic (exact) mass is 417 g/mol. The van der Waals surface area contributed by atoms with Gasteiger partial charge in [-0.1, -0.05) is 17.7 Å². The van der Waals surface area contributed by atoms with Crippen molar-refractivity contribution in [2.75, 3.05) is 6.61 Å². The summed E-state index contributed by atoms with van der Waals surface area (Å²) in [4.78, 5) is 23.4. The number of carboxylic acid groups (broad SMARTS) is 1. The molecule has 3 aromatic rings. The summed E-state index contributed by atoms with van der Waals surface area (Å²) in [5.41, 5.74) is 1.41. The fourth-order valence-corrected chi connectivity index (χ4v) is 3.78. The van der Waals surface area contributed by atoms with Gasteiger partial charge in [0.05, 0.1) is 6.61 Å². The third kappa shape index (κ3) is 4.40. The molecule has 29 heavy (non-hydrogen) atoms. The van der Waals surface area contributed by atoms with E-state index in [-0.39, 0.29) is 22.9 Å². The minimum atomic E-state index is -4.04. The predicted molar refractivity (Wildman–Crippen MR) is 105 cm³/mol. The van der Waals surface area contributed by atoms with Crippen molar-refractivity contribution in [3.8, 4) is 5.75 Å². The van der Waals surface area contributed by atoms with Gasteiger partial charge in [0.1, 0.15) is 22.9 Å². The smallest absolute Gasteiger partial charge is 0.354 e. The first kappa shape index (κ1) is 20.4. The molecule has 0 saturated heterocycles. The summed E-state index contributed by atoms with van der Waals surface area (Å²) in [5.74, 6) is -1.75. The molecule has 8 nitrogen and oxygen atoms in total. The van der Waals surface area contributed by atoms with Crippen LogP contribution in [0.1, 0.15) is 23.0 Å². The Morgan fingerprint density at radius 2 is 1.76 bits per heavy atom. The van der Waals surface area contributed by atoms with E-state index in [0.717, 1.165) is 5.56 Å². The third-order valence-corrected chi connectivity index (χ3v) is 5.43. The Morgan fingerprint density at radius 1 is 1.07 bits per heavy atom. The highest BCUT2D eigenvalue weighted by molar-refractivity contribution is 7.87. The molecule has 0 spiro atoms. The van der Waals surface area contributed by atoms with Crippen molar-refractivity contribution < 1.29 is 32.0 Å². The van der Waals surface area contributed by atoms with Gasteiger partial charge in [0, 0.05) is 10.9 Å². The predicted octanol–water partition coefficient (Wildman–Crippen LogP) is 2.98. The molecule has 0 saturated carbocycles. The molecular formula is C20H19NO7S. The van der Waals surface area contributed by atoms with Gasteiger partial charge in [0.15, 0.2) is 0 Å². The highest BCUT2D eigenvalue weighted by Crippen LogP contribution is 2.27. The minimum absolute atomic E-state index is 0.0128. The van der Waals surface area contributed by atoms with Gasteiger partial charge in [-0.2, -0.15) is 8.42 Å². The Morgan fingerprint density at radius 3 is 2.38 bits per heavy atom. The second-order valence-corrected chi connectivity index (χ2v) is 7.85. The number of ether oxygens (including phenoxy) is 1. The number of carbonyl (C=O) groups is 2. The molecule has 0 aliphatic rings. The number of nitrogens with zero attached hydrogens (tertiary/aromatic N) is 1. The van der Waals surface area contributed by atoms with Crippen molar-refractivity contribution in [1.29, 1.82) is 0 Å². The number of carboxylic acids is 1. The minimum Gasteiger partial charge on any atom is -0.480 e. The zero-order valence-corrected chi connectivity index (χ0v) is 16.6.